The highest BCUT2D eigenvalue weighted by atomic mass is 16.5. The van der Waals surface area contributed by atoms with Gasteiger partial charge >= 0.3 is 0 Å². The van der Waals surface area contributed by atoms with Crippen LogP contribution in [0.2, 0.25) is 0 Å². The maximum absolute atomic E-state index is 12.6. The van der Waals surface area contributed by atoms with Gasteiger partial charge in [0.1, 0.15) is 35.4 Å². The average molecular weight is 367 g/mol. The van der Waals surface area contributed by atoms with E-state index in [4.69, 9.17) is 14.0 Å². The predicted octanol–water partition coefficient (Wildman–Crippen LogP) is 4.00. The van der Waals surface area contributed by atoms with Crippen molar-refractivity contribution < 1.29 is 18.8 Å². The van der Waals surface area contributed by atoms with Gasteiger partial charge in [-0.25, -0.2) is 4.98 Å². The van der Waals surface area contributed by atoms with E-state index in [-0.39, 0.29) is 18.6 Å². The van der Waals surface area contributed by atoms with Gasteiger partial charge in [0.15, 0.2) is 0 Å². The number of pyridine rings is 1. The van der Waals surface area contributed by atoms with Gasteiger partial charge in [-0.2, -0.15) is 0 Å². The highest BCUT2D eigenvalue weighted by molar-refractivity contribution is 6.04. The molecule has 0 spiro atoms. The van der Waals surface area contributed by atoms with E-state index >= 15 is 0 Å². The molecule has 7 nitrogen and oxygen atoms in total. The summed E-state index contributed by atoms with van der Waals surface area (Å²) >= 11 is 0. The van der Waals surface area contributed by atoms with Crippen LogP contribution in [0, 0.1) is 6.92 Å². The van der Waals surface area contributed by atoms with Crippen LogP contribution in [0.1, 0.15) is 35.7 Å². The van der Waals surface area contributed by atoms with Crippen LogP contribution >= 0.6 is 0 Å². The molecule has 0 aliphatic heterocycles. The Kier molecular flexibility index (Phi) is 5.71. The number of nitrogens with one attached hydrogen (secondary N) is 1. The molecule has 0 aliphatic carbocycles. The van der Waals surface area contributed by atoms with Gasteiger partial charge in [-0.15, -0.1) is 0 Å². The number of carbonyl (C=O) groups excluding carboxylic acids is 1. The maximum Gasteiger partial charge on any atom is 0.257 e. The fourth-order valence-corrected chi connectivity index (χ4v) is 2.39. The van der Waals surface area contributed by atoms with Crippen LogP contribution in [0.4, 0.5) is 5.82 Å². The Morgan fingerprint density at radius 2 is 2.00 bits per heavy atom. The summed E-state index contributed by atoms with van der Waals surface area (Å²) in [5, 5.41) is 6.65. The van der Waals surface area contributed by atoms with Crippen molar-refractivity contribution >= 4 is 11.7 Å². The van der Waals surface area contributed by atoms with Crippen LogP contribution < -0.4 is 14.8 Å². The van der Waals surface area contributed by atoms with Crippen LogP contribution in [0.3, 0.4) is 0 Å². The minimum atomic E-state index is -0.301. The van der Waals surface area contributed by atoms with Gasteiger partial charge < -0.3 is 19.3 Å². The molecule has 0 unspecified atom stereocenters. The minimum Gasteiger partial charge on any atom is -0.491 e. The highest BCUT2D eigenvalue weighted by Crippen LogP contribution is 2.25. The zero-order valence-corrected chi connectivity index (χ0v) is 15.4. The smallest absolute Gasteiger partial charge is 0.257 e. The van der Waals surface area contributed by atoms with Crippen LogP contribution in [0.15, 0.2) is 53.2 Å². The summed E-state index contributed by atoms with van der Waals surface area (Å²) in [5.41, 5.74) is 1.08. The molecule has 1 aromatic carbocycles. The molecule has 27 heavy (non-hydrogen) atoms. The number of nitrogens with zero attached hydrogens (tertiary/aromatic N) is 2. The van der Waals surface area contributed by atoms with E-state index < -0.39 is 0 Å². The van der Waals surface area contributed by atoms with Crippen molar-refractivity contribution in [1.82, 2.24) is 10.1 Å². The van der Waals surface area contributed by atoms with E-state index in [0.717, 1.165) is 0 Å². The molecule has 140 valence electrons. The first kappa shape index (κ1) is 18.4. The van der Waals surface area contributed by atoms with E-state index in [9.17, 15) is 4.79 Å². The number of anilines is 1. The second kappa shape index (κ2) is 8.35. The van der Waals surface area contributed by atoms with Gasteiger partial charge in [0.05, 0.1) is 6.10 Å². The standard InChI is InChI=1S/C20H21N3O4/c1-13(2)26-18-10-15(20(24)22-19-6-4-5-7-21-19)9-17(11-18)25-12-16-8-14(3)27-23-16/h4-11,13H,12H2,1-3H3,(H,21,22,24). The number of benzene rings is 1. The summed E-state index contributed by atoms with van der Waals surface area (Å²) in [6, 6.07) is 12.2. The molecule has 7 heteroatoms. The van der Waals surface area contributed by atoms with E-state index in [1.165, 1.54) is 0 Å². The molecular weight excluding hydrogens is 346 g/mol. The van der Waals surface area contributed by atoms with Gasteiger partial charge in [-0.05, 0) is 45.0 Å². The number of hydrogen-bond acceptors (Lipinski definition) is 6. The molecule has 0 saturated heterocycles. The quantitative estimate of drug-likeness (QED) is 0.679. The molecule has 0 atom stereocenters. The lowest BCUT2D eigenvalue weighted by molar-refractivity contribution is 0.102. The Morgan fingerprint density at radius 3 is 2.67 bits per heavy atom. The van der Waals surface area contributed by atoms with E-state index in [1.807, 2.05) is 20.8 Å². The molecule has 0 saturated carbocycles. The van der Waals surface area contributed by atoms with Crippen LogP contribution in [0.25, 0.3) is 0 Å². The number of aromatic nitrogens is 2. The first-order valence-electron chi connectivity index (χ1n) is 8.59. The largest absolute Gasteiger partial charge is 0.491 e. The summed E-state index contributed by atoms with van der Waals surface area (Å²) in [6.45, 7) is 5.87. The summed E-state index contributed by atoms with van der Waals surface area (Å²) in [4.78, 5) is 16.7. The minimum absolute atomic E-state index is 0.0369. The second-order valence-electron chi connectivity index (χ2n) is 6.25. The molecule has 1 N–H and O–H groups in total. The molecule has 3 aromatic rings. The highest BCUT2D eigenvalue weighted by Gasteiger charge is 2.13. The lowest BCUT2D eigenvalue weighted by Gasteiger charge is -2.14. The van der Waals surface area contributed by atoms with Gasteiger partial charge in [0.25, 0.3) is 5.91 Å². The average Bonchev–Trinajstić information content (AvgIpc) is 3.05. The third-order valence-corrected chi connectivity index (χ3v) is 3.48. The number of carbonyl (C=O) groups is 1. The zero-order valence-electron chi connectivity index (χ0n) is 15.4. The topological polar surface area (TPSA) is 86.5 Å². The van der Waals surface area contributed by atoms with Crippen molar-refractivity contribution in [2.45, 2.75) is 33.5 Å². The van der Waals surface area contributed by atoms with Gasteiger partial charge in [0, 0.05) is 23.9 Å². The monoisotopic (exact) mass is 367 g/mol. The van der Waals surface area contributed by atoms with E-state index in [1.54, 1.807) is 48.7 Å². The normalized spacial score (nSPS) is 10.7. The fourth-order valence-electron chi connectivity index (χ4n) is 2.39. The Morgan fingerprint density at radius 1 is 1.19 bits per heavy atom. The van der Waals surface area contributed by atoms with E-state index in [0.29, 0.717) is 34.3 Å². The Balaban J connectivity index is 1.79. The molecule has 0 radical (unpaired) electrons. The lowest BCUT2D eigenvalue weighted by atomic mass is 10.2. The van der Waals surface area contributed by atoms with Gasteiger partial charge in [-0.3, -0.25) is 4.79 Å². The fraction of sp³-hybridized carbons (Fsp3) is 0.250. The molecule has 3 rings (SSSR count). The molecule has 0 fully saturated rings. The molecule has 2 heterocycles. The first-order chi connectivity index (χ1) is 13.0. The number of hydrogen-bond donors (Lipinski definition) is 1. The molecule has 2 aromatic heterocycles. The van der Waals surface area contributed by atoms with Crippen molar-refractivity contribution in [3.63, 3.8) is 0 Å². The molecule has 1 amide bonds. The third kappa shape index (κ3) is 5.31. The maximum atomic E-state index is 12.6. The predicted molar refractivity (Wildman–Crippen MR) is 100.0 cm³/mol. The summed E-state index contributed by atoms with van der Waals surface area (Å²) in [6.07, 6.45) is 1.58. The van der Waals surface area contributed by atoms with Gasteiger partial charge in [0.2, 0.25) is 0 Å². The van der Waals surface area contributed by atoms with Crippen LogP contribution in [-0.2, 0) is 6.61 Å². The van der Waals surface area contributed by atoms with Crippen molar-refractivity contribution in [1.29, 1.82) is 0 Å². The molecule has 0 bridgehead atoms. The number of aryl methyl sites for hydroxylation is 1. The SMILES string of the molecule is Cc1cc(COc2cc(OC(C)C)cc(C(=O)Nc3ccccn3)c2)no1. The Labute approximate surface area is 157 Å². The van der Waals surface area contributed by atoms with Crippen molar-refractivity contribution in [3.05, 3.63) is 65.7 Å². The lowest BCUT2D eigenvalue weighted by Crippen LogP contribution is -2.14. The first-order valence-corrected chi connectivity index (χ1v) is 8.59. The van der Waals surface area contributed by atoms with Crippen molar-refractivity contribution in [2.24, 2.45) is 0 Å². The second-order valence-corrected chi connectivity index (χ2v) is 6.25. The number of ether oxygens (including phenoxy) is 2. The summed E-state index contributed by atoms with van der Waals surface area (Å²) in [5.74, 6) is 1.93. The third-order valence-electron chi connectivity index (χ3n) is 3.48. The molecule has 0 aliphatic rings. The summed E-state index contributed by atoms with van der Waals surface area (Å²) < 4.78 is 16.5. The van der Waals surface area contributed by atoms with Crippen LogP contribution in [0.5, 0.6) is 11.5 Å². The summed E-state index contributed by atoms with van der Waals surface area (Å²) in [7, 11) is 0. The molecular formula is C20H21N3O4. The van der Waals surface area contributed by atoms with Crippen LogP contribution in [-0.4, -0.2) is 22.2 Å². The number of rotatable bonds is 7. The van der Waals surface area contributed by atoms with Crippen molar-refractivity contribution in [2.75, 3.05) is 5.32 Å². The zero-order chi connectivity index (χ0) is 19.2. The van der Waals surface area contributed by atoms with Gasteiger partial charge in [-0.1, -0.05) is 11.2 Å². The number of amides is 1. The van der Waals surface area contributed by atoms with Crippen molar-refractivity contribution in [3.8, 4) is 11.5 Å². The van der Waals surface area contributed by atoms with E-state index in [2.05, 4.69) is 15.5 Å². The Hall–Kier alpha value is -3.35. The Bertz CT molecular complexity index is 907.